The number of para-hydroxylation sites is 1. The predicted octanol–water partition coefficient (Wildman–Crippen LogP) is 2.98. The van der Waals surface area contributed by atoms with E-state index in [1.165, 1.54) is 0 Å². The van der Waals surface area contributed by atoms with E-state index in [1.54, 1.807) is 0 Å². The van der Waals surface area contributed by atoms with Crippen LogP contribution in [0.5, 0.6) is 5.75 Å². The van der Waals surface area contributed by atoms with Crippen molar-refractivity contribution in [3.05, 3.63) is 29.8 Å². The Morgan fingerprint density at radius 3 is 2.19 bits per heavy atom. The van der Waals surface area contributed by atoms with E-state index in [1.807, 2.05) is 38.1 Å². The number of benzene rings is 1. The van der Waals surface area contributed by atoms with Gasteiger partial charge < -0.3 is 14.2 Å². The van der Waals surface area contributed by atoms with Crippen LogP contribution in [0.1, 0.15) is 26.3 Å². The lowest BCUT2D eigenvalue weighted by molar-refractivity contribution is -0.242. The average Bonchev–Trinajstić information content (AvgIpc) is 2.30. The maximum atomic E-state index is 5.67. The largest absolute Gasteiger partial charge is 0.441 e. The van der Waals surface area contributed by atoms with Gasteiger partial charge in [0.05, 0.1) is 13.2 Å². The van der Waals surface area contributed by atoms with Crippen molar-refractivity contribution in [2.45, 2.75) is 33.7 Å². The highest BCUT2D eigenvalue weighted by molar-refractivity contribution is 5.33. The van der Waals surface area contributed by atoms with Gasteiger partial charge in [-0.1, -0.05) is 25.1 Å². The molecular weight excluding hydrogens is 204 g/mol. The lowest BCUT2D eigenvalue weighted by Gasteiger charge is -2.19. The van der Waals surface area contributed by atoms with Gasteiger partial charge in [0, 0.05) is 0 Å². The van der Waals surface area contributed by atoms with E-state index in [9.17, 15) is 0 Å². The Balaban J connectivity index is 2.67. The predicted molar refractivity (Wildman–Crippen MR) is 63.5 cm³/mol. The van der Waals surface area contributed by atoms with Gasteiger partial charge in [-0.2, -0.15) is 0 Å². The number of hydrogen-bond acceptors (Lipinski definition) is 3. The Hall–Kier alpha value is -1.06. The first-order valence-electron chi connectivity index (χ1n) is 5.79. The van der Waals surface area contributed by atoms with E-state index >= 15 is 0 Å². The van der Waals surface area contributed by atoms with Crippen molar-refractivity contribution in [3.8, 4) is 5.75 Å². The van der Waals surface area contributed by atoms with Crippen molar-refractivity contribution in [3.63, 3.8) is 0 Å². The van der Waals surface area contributed by atoms with E-state index in [0.29, 0.717) is 13.2 Å². The van der Waals surface area contributed by atoms with Crippen LogP contribution in [0.25, 0.3) is 0 Å². The second kappa shape index (κ2) is 7.25. The van der Waals surface area contributed by atoms with Crippen molar-refractivity contribution in [2.24, 2.45) is 0 Å². The fourth-order valence-electron chi connectivity index (χ4n) is 1.40. The third kappa shape index (κ3) is 3.83. The van der Waals surface area contributed by atoms with Gasteiger partial charge in [-0.05, 0) is 31.9 Å². The molecule has 0 heterocycles. The Labute approximate surface area is 97.3 Å². The monoisotopic (exact) mass is 224 g/mol. The third-order valence-electron chi connectivity index (χ3n) is 2.18. The van der Waals surface area contributed by atoms with Gasteiger partial charge in [-0.3, -0.25) is 0 Å². The van der Waals surface area contributed by atoms with Crippen molar-refractivity contribution >= 4 is 0 Å². The van der Waals surface area contributed by atoms with Gasteiger partial charge in [0.15, 0.2) is 0 Å². The molecule has 0 bridgehead atoms. The van der Waals surface area contributed by atoms with Crippen LogP contribution in [-0.4, -0.2) is 19.7 Å². The van der Waals surface area contributed by atoms with Crippen LogP contribution in [0.3, 0.4) is 0 Å². The number of hydrogen-bond donors (Lipinski definition) is 0. The van der Waals surface area contributed by atoms with Crippen LogP contribution < -0.4 is 4.74 Å². The van der Waals surface area contributed by atoms with Crippen LogP contribution in [0.4, 0.5) is 0 Å². The number of aryl methyl sites for hydroxylation is 1. The quantitative estimate of drug-likeness (QED) is 0.666. The molecule has 90 valence electrons. The van der Waals surface area contributed by atoms with Crippen molar-refractivity contribution in [2.75, 3.05) is 13.2 Å². The van der Waals surface area contributed by atoms with E-state index in [0.717, 1.165) is 17.7 Å². The molecule has 0 aromatic heterocycles. The van der Waals surface area contributed by atoms with Crippen LogP contribution in [0.15, 0.2) is 24.3 Å². The van der Waals surface area contributed by atoms with Crippen LogP contribution in [0.2, 0.25) is 0 Å². The second-order valence-electron chi connectivity index (χ2n) is 3.28. The van der Waals surface area contributed by atoms with Gasteiger partial charge in [-0.25, -0.2) is 0 Å². The first kappa shape index (κ1) is 13.0. The third-order valence-corrected chi connectivity index (χ3v) is 2.18. The highest BCUT2D eigenvalue weighted by atomic mass is 16.8. The molecule has 0 fully saturated rings. The smallest absolute Gasteiger partial charge is 0.315 e. The first-order valence-corrected chi connectivity index (χ1v) is 5.79. The normalized spacial score (nSPS) is 10.8. The van der Waals surface area contributed by atoms with Crippen molar-refractivity contribution in [1.82, 2.24) is 0 Å². The molecule has 0 aliphatic rings. The second-order valence-corrected chi connectivity index (χ2v) is 3.28. The molecule has 0 N–H and O–H groups in total. The summed E-state index contributed by atoms with van der Waals surface area (Å²) in [7, 11) is 0. The minimum absolute atomic E-state index is 0.568. The Morgan fingerprint density at radius 1 is 1.00 bits per heavy atom. The van der Waals surface area contributed by atoms with Gasteiger partial charge in [0.2, 0.25) is 0 Å². The fraction of sp³-hybridized carbons (Fsp3) is 0.538. The molecule has 0 aliphatic heterocycles. The summed E-state index contributed by atoms with van der Waals surface area (Å²) in [6, 6.07) is 7.93. The number of rotatable bonds is 7. The molecule has 0 atom stereocenters. The van der Waals surface area contributed by atoms with E-state index < -0.39 is 6.48 Å². The Morgan fingerprint density at radius 2 is 1.62 bits per heavy atom. The molecule has 1 aromatic rings. The maximum Gasteiger partial charge on any atom is 0.315 e. The Bertz CT molecular complexity index is 293. The highest BCUT2D eigenvalue weighted by Crippen LogP contribution is 2.20. The molecule has 1 aromatic carbocycles. The van der Waals surface area contributed by atoms with E-state index in [-0.39, 0.29) is 0 Å². The Kier molecular flexibility index (Phi) is 5.90. The molecule has 0 unspecified atom stereocenters. The van der Waals surface area contributed by atoms with Crippen LogP contribution in [0, 0.1) is 0 Å². The zero-order valence-corrected chi connectivity index (χ0v) is 10.2. The summed E-state index contributed by atoms with van der Waals surface area (Å²) in [4.78, 5) is 0. The molecule has 3 nitrogen and oxygen atoms in total. The maximum absolute atomic E-state index is 5.67. The molecular formula is C13H20O3. The van der Waals surface area contributed by atoms with Crippen molar-refractivity contribution < 1.29 is 14.2 Å². The summed E-state index contributed by atoms with van der Waals surface area (Å²) in [5.41, 5.74) is 1.16. The topological polar surface area (TPSA) is 27.7 Å². The zero-order valence-electron chi connectivity index (χ0n) is 10.2. The summed E-state index contributed by atoms with van der Waals surface area (Å²) >= 11 is 0. The first-order chi connectivity index (χ1) is 7.81. The highest BCUT2D eigenvalue weighted by Gasteiger charge is 2.11. The van der Waals surface area contributed by atoms with Crippen molar-refractivity contribution in [1.29, 1.82) is 0 Å². The van der Waals surface area contributed by atoms with Crippen LogP contribution in [-0.2, 0) is 15.9 Å². The molecule has 1 rings (SSSR count). The summed E-state index contributed by atoms with van der Waals surface area (Å²) in [6.07, 6.45) is 0.932. The fourth-order valence-corrected chi connectivity index (χ4v) is 1.40. The van der Waals surface area contributed by atoms with Crippen LogP contribution >= 0.6 is 0 Å². The van der Waals surface area contributed by atoms with Gasteiger partial charge in [0.1, 0.15) is 5.75 Å². The number of ether oxygens (including phenoxy) is 3. The molecule has 0 saturated heterocycles. The molecule has 16 heavy (non-hydrogen) atoms. The lowest BCUT2D eigenvalue weighted by atomic mass is 10.1. The summed E-state index contributed by atoms with van der Waals surface area (Å²) < 4.78 is 16.4. The SMILES string of the molecule is CCOC(OCC)Oc1ccccc1CC. The molecule has 0 aliphatic carbocycles. The average molecular weight is 224 g/mol. The molecule has 0 amide bonds. The molecule has 0 saturated carbocycles. The minimum Gasteiger partial charge on any atom is -0.441 e. The van der Waals surface area contributed by atoms with E-state index in [4.69, 9.17) is 14.2 Å². The minimum atomic E-state index is -0.609. The van der Waals surface area contributed by atoms with E-state index in [2.05, 4.69) is 6.92 Å². The standard InChI is InChI=1S/C13H20O3/c1-4-11-9-7-8-10-12(11)16-13(14-5-2)15-6-3/h7-10,13H,4-6H2,1-3H3. The molecule has 0 spiro atoms. The molecule has 0 radical (unpaired) electrons. The molecule has 3 heteroatoms. The lowest BCUT2D eigenvalue weighted by Crippen LogP contribution is -2.24. The summed E-state index contributed by atoms with van der Waals surface area (Å²) in [5.74, 6) is 0.830. The summed E-state index contributed by atoms with van der Waals surface area (Å²) in [6.45, 7) is 6.46. The van der Waals surface area contributed by atoms with Gasteiger partial charge >= 0.3 is 6.48 Å². The summed E-state index contributed by atoms with van der Waals surface area (Å²) in [5, 5.41) is 0. The van der Waals surface area contributed by atoms with Gasteiger partial charge in [-0.15, -0.1) is 0 Å². The van der Waals surface area contributed by atoms with Gasteiger partial charge in [0.25, 0.3) is 0 Å². The zero-order chi connectivity index (χ0) is 11.8.